The summed E-state index contributed by atoms with van der Waals surface area (Å²) in [5, 5.41) is 11.2. The van der Waals surface area contributed by atoms with E-state index in [1.165, 1.54) is 0 Å². The average Bonchev–Trinajstić information content (AvgIpc) is 3.04. The summed E-state index contributed by atoms with van der Waals surface area (Å²) in [5.74, 6) is 2.72. The Labute approximate surface area is 187 Å². The number of halogens is 1. The molecule has 0 bridgehead atoms. The number of primary amides is 1. The Balaban J connectivity index is 0.00000300. The first-order valence-corrected chi connectivity index (χ1v) is 9.48. The van der Waals surface area contributed by atoms with E-state index in [2.05, 4.69) is 25.7 Å². The molecule has 1 aliphatic rings. The van der Waals surface area contributed by atoms with E-state index >= 15 is 0 Å². The van der Waals surface area contributed by atoms with Crippen molar-refractivity contribution >= 4 is 35.8 Å². The van der Waals surface area contributed by atoms with Gasteiger partial charge in [0.2, 0.25) is 0 Å². The highest BCUT2D eigenvalue weighted by Crippen LogP contribution is 2.15. The lowest BCUT2D eigenvalue weighted by molar-refractivity contribution is -0.119. The molecule has 0 saturated heterocycles. The van der Waals surface area contributed by atoms with Gasteiger partial charge in [-0.1, -0.05) is 12.1 Å². The molecule has 2 heterocycles. The summed E-state index contributed by atoms with van der Waals surface area (Å²) in [5.41, 5.74) is 6.10. The molecule has 0 spiro atoms. The number of aromatic nitrogens is 3. The molecule has 0 fully saturated rings. The fourth-order valence-corrected chi connectivity index (χ4v) is 3.12. The number of hydrogen-bond donors (Lipinski definition) is 3. The first kappa shape index (κ1) is 22.9. The van der Waals surface area contributed by atoms with Crippen molar-refractivity contribution in [2.75, 3.05) is 13.2 Å². The molecule has 10 heteroatoms. The van der Waals surface area contributed by atoms with Crippen LogP contribution < -0.4 is 21.1 Å². The number of aryl methyl sites for hydroxylation is 2. The van der Waals surface area contributed by atoms with Crippen molar-refractivity contribution in [1.82, 2.24) is 25.4 Å². The number of nitrogens with one attached hydrogen (secondary N) is 2. The van der Waals surface area contributed by atoms with Crippen molar-refractivity contribution in [3.05, 3.63) is 41.5 Å². The van der Waals surface area contributed by atoms with Gasteiger partial charge < -0.3 is 21.1 Å². The van der Waals surface area contributed by atoms with Gasteiger partial charge in [-0.25, -0.2) is 14.7 Å². The van der Waals surface area contributed by atoms with E-state index in [9.17, 15) is 4.79 Å². The first-order valence-electron chi connectivity index (χ1n) is 9.48. The van der Waals surface area contributed by atoms with Gasteiger partial charge in [-0.2, -0.15) is 5.10 Å². The van der Waals surface area contributed by atoms with E-state index in [-0.39, 0.29) is 36.6 Å². The van der Waals surface area contributed by atoms with Crippen LogP contribution in [0.2, 0.25) is 0 Å². The summed E-state index contributed by atoms with van der Waals surface area (Å²) >= 11 is 0. The van der Waals surface area contributed by atoms with Crippen molar-refractivity contribution in [3.63, 3.8) is 0 Å². The monoisotopic (exact) mass is 513 g/mol. The maximum Gasteiger partial charge on any atom is 0.255 e. The molecule has 4 N–H and O–H groups in total. The molecule has 1 aliphatic heterocycles. The van der Waals surface area contributed by atoms with Crippen LogP contribution in [-0.2, 0) is 24.3 Å². The van der Waals surface area contributed by atoms with Gasteiger partial charge in [0.05, 0.1) is 13.1 Å². The van der Waals surface area contributed by atoms with Crippen LogP contribution in [0, 0.1) is 6.92 Å². The van der Waals surface area contributed by atoms with Gasteiger partial charge in [-0.3, -0.25) is 4.79 Å². The Kier molecular flexibility index (Phi) is 8.68. The van der Waals surface area contributed by atoms with Gasteiger partial charge in [0.25, 0.3) is 5.91 Å². The fraction of sp³-hybridized carbons (Fsp3) is 0.474. The molecule has 1 aromatic carbocycles. The van der Waals surface area contributed by atoms with E-state index in [4.69, 9.17) is 10.5 Å². The second-order valence-corrected chi connectivity index (χ2v) is 6.73. The molecule has 1 amide bonds. The van der Waals surface area contributed by atoms with Gasteiger partial charge in [-0.05, 0) is 38.0 Å². The Bertz CT molecular complexity index is 853. The standard InChI is InChI=1S/C19H27N7O2.HI/c1-3-21-19(24-15-7-8-18-23-13(2)25-26(18)11-15)22-10-14-5-4-6-16(9-14)28-12-17(20)27;/h4-6,9,15H,3,7-8,10-12H2,1-2H3,(H2,20,27)(H2,21,22,24);1H. The zero-order valence-corrected chi connectivity index (χ0v) is 19.1. The predicted octanol–water partition coefficient (Wildman–Crippen LogP) is 1.14. The topological polar surface area (TPSA) is 119 Å². The number of hydrogen-bond acceptors (Lipinski definition) is 5. The molecule has 0 saturated carbocycles. The van der Waals surface area contributed by atoms with Crippen LogP contribution in [0.15, 0.2) is 29.3 Å². The zero-order valence-electron chi connectivity index (χ0n) is 16.7. The molecule has 29 heavy (non-hydrogen) atoms. The maximum absolute atomic E-state index is 10.9. The van der Waals surface area contributed by atoms with Crippen LogP contribution in [0.3, 0.4) is 0 Å². The van der Waals surface area contributed by atoms with E-state index in [1.807, 2.05) is 36.7 Å². The van der Waals surface area contributed by atoms with Crippen LogP contribution >= 0.6 is 24.0 Å². The van der Waals surface area contributed by atoms with Crippen LogP contribution in [0.5, 0.6) is 5.75 Å². The SMILES string of the molecule is CCNC(=NCc1cccc(OCC(N)=O)c1)NC1CCc2nc(C)nn2C1.I. The Morgan fingerprint density at radius 2 is 2.28 bits per heavy atom. The molecule has 1 atom stereocenters. The Morgan fingerprint density at radius 3 is 3.03 bits per heavy atom. The number of nitrogens with zero attached hydrogens (tertiary/aromatic N) is 4. The summed E-state index contributed by atoms with van der Waals surface area (Å²) in [6, 6.07) is 7.74. The van der Waals surface area contributed by atoms with E-state index in [0.717, 1.165) is 49.1 Å². The van der Waals surface area contributed by atoms with E-state index in [1.54, 1.807) is 6.07 Å². The number of nitrogens with two attached hydrogens (primary N) is 1. The molecule has 158 valence electrons. The summed E-state index contributed by atoms with van der Waals surface area (Å²) in [6.45, 7) is 5.85. The Morgan fingerprint density at radius 1 is 1.45 bits per heavy atom. The van der Waals surface area contributed by atoms with Gasteiger partial charge in [-0.15, -0.1) is 24.0 Å². The van der Waals surface area contributed by atoms with Crippen molar-refractivity contribution < 1.29 is 9.53 Å². The summed E-state index contributed by atoms with van der Waals surface area (Å²) in [7, 11) is 0. The van der Waals surface area contributed by atoms with E-state index < -0.39 is 5.91 Å². The molecular formula is C19H28IN7O2. The van der Waals surface area contributed by atoms with Crippen molar-refractivity contribution in [3.8, 4) is 5.75 Å². The number of rotatable bonds is 7. The second kappa shape index (κ2) is 11.0. The lowest BCUT2D eigenvalue weighted by Crippen LogP contribution is -2.47. The van der Waals surface area contributed by atoms with Gasteiger partial charge in [0.1, 0.15) is 17.4 Å². The number of carbonyl (C=O) groups is 1. The normalized spacial score (nSPS) is 15.8. The van der Waals surface area contributed by atoms with Gasteiger partial charge in [0, 0.05) is 19.0 Å². The minimum absolute atomic E-state index is 0. The molecule has 2 aromatic rings. The molecule has 0 aliphatic carbocycles. The number of ether oxygens (including phenoxy) is 1. The van der Waals surface area contributed by atoms with Crippen LogP contribution in [0.4, 0.5) is 0 Å². The highest BCUT2D eigenvalue weighted by Gasteiger charge is 2.21. The number of amides is 1. The minimum atomic E-state index is -0.500. The third kappa shape index (κ3) is 6.87. The number of carbonyl (C=O) groups excluding carboxylic acids is 1. The second-order valence-electron chi connectivity index (χ2n) is 6.73. The van der Waals surface area contributed by atoms with Gasteiger partial charge in [0.15, 0.2) is 12.6 Å². The van der Waals surface area contributed by atoms with Gasteiger partial charge >= 0.3 is 0 Å². The highest BCUT2D eigenvalue weighted by atomic mass is 127. The number of benzene rings is 1. The molecule has 3 rings (SSSR count). The lowest BCUT2D eigenvalue weighted by atomic mass is 10.1. The third-order valence-electron chi connectivity index (χ3n) is 4.35. The lowest BCUT2D eigenvalue weighted by Gasteiger charge is -2.25. The van der Waals surface area contributed by atoms with Crippen molar-refractivity contribution in [1.29, 1.82) is 0 Å². The largest absolute Gasteiger partial charge is 0.484 e. The maximum atomic E-state index is 10.9. The summed E-state index contributed by atoms with van der Waals surface area (Å²) in [6.07, 6.45) is 1.89. The van der Waals surface area contributed by atoms with E-state index in [0.29, 0.717) is 12.3 Å². The summed E-state index contributed by atoms with van der Waals surface area (Å²) < 4.78 is 7.32. The zero-order chi connectivity index (χ0) is 19.9. The first-order chi connectivity index (χ1) is 13.5. The highest BCUT2D eigenvalue weighted by molar-refractivity contribution is 14.0. The predicted molar refractivity (Wildman–Crippen MR) is 121 cm³/mol. The number of aliphatic imine (C=N–C) groups is 1. The Hall–Kier alpha value is -2.37. The average molecular weight is 513 g/mol. The third-order valence-corrected chi connectivity index (χ3v) is 4.35. The summed E-state index contributed by atoms with van der Waals surface area (Å²) in [4.78, 5) is 20.0. The molecule has 9 nitrogen and oxygen atoms in total. The molecule has 1 unspecified atom stereocenters. The van der Waals surface area contributed by atoms with Crippen LogP contribution in [0.25, 0.3) is 0 Å². The quantitative estimate of drug-likeness (QED) is 0.290. The van der Waals surface area contributed by atoms with Crippen molar-refractivity contribution in [2.45, 2.75) is 45.8 Å². The smallest absolute Gasteiger partial charge is 0.255 e. The minimum Gasteiger partial charge on any atom is -0.484 e. The molecular weight excluding hydrogens is 485 g/mol. The fourth-order valence-electron chi connectivity index (χ4n) is 3.12. The van der Waals surface area contributed by atoms with Crippen LogP contribution in [0.1, 0.15) is 30.6 Å². The molecule has 1 aromatic heterocycles. The van der Waals surface area contributed by atoms with Crippen molar-refractivity contribution in [2.24, 2.45) is 10.7 Å². The van der Waals surface area contributed by atoms with Crippen LogP contribution in [-0.4, -0.2) is 45.8 Å². The number of guanidine groups is 1. The molecule has 0 radical (unpaired) electrons. The number of fused-ring (bicyclic) bond motifs is 1.